The van der Waals surface area contributed by atoms with Crippen LogP contribution in [0.15, 0.2) is 60.7 Å². The number of nitrogens with one attached hydrogen (secondary N) is 1. The second-order valence-electron chi connectivity index (χ2n) is 6.84. The Hall–Kier alpha value is -2.96. The summed E-state index contributed by atoms with van der Waals surface area (Å²) in [7, 11) is 0. The lowest BCUT2D eigenvalue weighted by Gasteiger charge is -2.24. The molecule has 6 nitrogen and oxygen atoms in total. The van der Waals surface area contributed by atoms with E-state index >= 15 is 0 Å². The summed E-state index contributed by atoms with van der Waals surface area (Å²) in [4.78, 5) is 24.7. The van der Waals surface area contributed by atoms with Crippen molar-refractivity contribution in [2.45, 2.75) is 31.1 Å². The van der Waals surface area contributed by atoms with Crippen LogP contribution in [0.4, 0.5) is 0 Å². The molecule has 0 spiro atoms. The van der Waals surface area contributed by atoms with Gasteiger partial charge < -0.3 is 21.3 Å². The molecule has 0 radical (unpaired) electrons. The van der Waals surface area contributed by atoms with Crippen LogP contribution in [0.25, 0.3) is 5.70 Å². The Labute approximate surface area is 157 Å². The van der Waals surface area contributed by atoms with Crippen LogP contribution < -0.4 is 11.1 Å². The van der Waals surface area contributed by atoms with E-state index in [4.69, 9.17) is 5.73 Å². The van der Waals surface area contributed by atoms with Crippen LogP contribution in [0.3, 0.4) is 0 Å². The second-order valence-corrected chi connectivity index (χ2v) is 6.84. The van der Waals surface area contributed by atoms with Gasteiger partial charge in [0.2, 0.25) is 0 Å². The molecule has 3 rings (SSSR count). The van der Waals surface area contributed by atoms with Gasteiger partial charge in [-0.3, -0.25) is 9.59 Å². The van der Waals surface area contributed by atoms with Crippen molar-refractivity contribution in [2.24, 2.45) is 5.73 Å². The Morgan fingerprint density at radius 2 is 1.85 bits per heavy atom. The van der Waals surface area contributed by atoms with E-state index in [0.29, 0.717) is 5.56 Å². The van der Waals surface area contributed by atoms with Crippen LogP contribution in [-0.2, 0) is 9.59 Å². The van der Waals surface area contributed by atoms with E-state index in [9.17, 15) is 19.8 Å². The summed E-state index contributed by atoms with van der Waals surface area (Å²) in [6.07, 6.45) is -0.965. The van der Waals surface area contributed by atoms with E-state index < -0.39 is 29.4 Å². The van der Waals surface area contributed by atoms with Crippen LogP contribution in [0.1, 0.15) is 29.2 Å². The average molecular weight is 366 g/mol. The lowest BCUT2D eigenvalue weighted by atomic mass is 9.88. The van der Waals surface area contributed by atoms with E-state index in [0.717, 1.165) is 17.2 Å². The molecule has 3 unspecified atom stereocenters. The number of aliphatic hydroxyl groups excluding tert-OH is 1. The molecule has 5 N–H and O–H groups in total. The molecular formula is C21H22N2O4. The fourth-order valence-corrected chi connectivity index (χ4v) is 3.16. The van der Waals surface area contributed by atoms with E-state index in [1.165, 1.54) is 0 Å². The van der Waals surface area contributed by atoms with Gasteiger partial charge >= 0.3 is 0 Å². The molecule has 0 aliphatic carbocycles. The highest BCUT2D eigenvalue weighted by atomic mass is 16.4. The van der Waals surface area contributed by atoms with Crippen LogP contribution in [0, 0.1) is 6.92 Å². The van der Waals surface area contributed by atoms with Crippen molar-refractivity contribution >= 4 is 17.4 Å². The summed E-state index contributed by atoms with van der Waals surface area (Å²) < 4.78 is 0. The first-order valence-corrected chi connectivity index (χ1v) is 8.65. The molecule has 1 amide bonds. The number of rotatable bonds is 5. The minimum absolute atomic E-state index is 0.110. The van der Waals surface area contributed by atoms with Crippen LogP contribution >= 0.6 is 0 Å². The zero-order chi connectivity index (χ0) is 19.6. The molecule has 1 heterocycles. The summed E-state index contributed by atoms with van der Waals surface area (Å²) in [5, 5.41) is 23.7. The van der Waals surface area contributed by atoms with Crippen molar-refractivity contribution < 1.29 is 19.8 Å². The minimum Gasteiger partial charge on any atom is -0.398 e. The topological polar surface area (TPSA) is 113 Å². The molecule has 1 fully saturated rings. The Bertz CT molecular complexity index is 877. The smallest absolute Gasteiger partial charge is 0.255 e. The number of ketones is 1. The molecule has 0 aromatic heterocycles. The summed E-state index contributed by atoms with van der Waals surface area (Å²) in [5.74, 6) is -1.60. The summed E-state index contributed by atoms with van der Waals surface area (Å²) >= 11 is 0. The third kappa shape index (κ3) is 3.77. The van der Waals surface area contributed by atoms with Crippen molar-refractivity contribution in [1.29, 1.82) is 0 Å². The fraction of sp³-hybridized carbons (Fsp3) is 0.238. The van der Waals surface area contributed by atoms with Gasteiger partial charge in [0.25, 0.3) is 5.91 Å². The van der Waals surface area contributed by atoms with Gasteiger partial charge in [0.15, 0.2) is 17.5 Å². The first kappa shape index (κ1) is 18.8. The molecule has 0 saturated carbocycles. The van der Waals surface area contributed by atoms with Crippen molar-refractivity contribution in [3.63, 3.8) is 0 Å². The molecule has 1 aliphatic rings. The Morgan fingerprint density at radius 3 is 2.48 bits per heavy atom. The van der Waals surface area contributed by atoms with Crippen molar-refractivity contribution in [1.82, 2.24) is 5.32 Å². The zero-order valence-electron chi connectivity index (χ0n) is 14.9. The van der Waals surface area contributed by atoms with Gasteiger partial charge in [0.1, 0.15) is 0 Å². The highest BCUT2D eigenvalue weighted by Crippen LogP contribution is 2.34. The molecule has 2 aromatic carbocycles. The number of hydrogen-bond acceptors (Lipinski definition) is 5. The SMILES string of the molecule is Cc1ccc(/C(N)=C/C(=O)C(O)C2(O)CC(c3ccccc3)NC2=O)cc1. The molecule has 2 aromatic rings. The molecule has 3 atom stereocenters. The number of benzene rings is 2. The van der Waals surface area contributed by atoms with E-state index in [2.05, 4.69) is 5.32 Å². The van der Waals surface area contributed by atoms with Gasteiger partial charge in [0, 0.05) is 18.2 Å². The third-order valence-corrected chi connectivity index (χ3v) is 4.82. The minimum atomic E-state index is -2.21. The normalized spacial score (nSPS) is 23.7. The first-order chi connectivity index (χ1) is 12.8. The summed E-state index contributed by atoms with van der Waals surface area (Å²) in [6, 6.07) is 15.8. The van der Waals surface area contributed by atoms with Gasteiger partial charge in [-0.25, -0.2) is 0 Å². The second kappa shape index (κ2) is 7.34. The molecular weight excluding hydrogens is 344 g/mol. The van der Waals surface area contributed by atoms with Gasteiger partial charge in [-0.05, 0) is 18.1 Å². The molecule has 27 heavy (non-hydrogen) atoms. The van der Waals surface area contributed by atoms with Gasteiger partial charge in [-0.2, -0.15) is 0 Å². The zero-order valence-corrected chi connectivity index (χ0v) is 14.9. The van der Waals surface area contributed by atoms with Gasteiger partial charge in [-0.15, -0.1) is 0 Å². The highest BCUT2D eigenvalue weighted by molar-refractivity contribution is 6.04. The monoisotopic (exact) mass is 366 g/mol. The van der Waals surface area contributed by atoms with E-state index in [1.807, 2.05) is 37.3 Å². The number of aryl methyl sites for hydroxylation is 1. The number of carbonyl (C=O) groups is 2. The molecule has 1 aliphatic heterocycles. The maximum Gasteiger partial charge on any atom is 0.255 e. The van der Waals surface area contributed by atoms with Crippen LogP contribution in [0.5, 0.6) is 0 Å². The van der Waals surface area contributed by atoms with Crippen molar-refractivity contribution in [3.05, 3.63) is 77.4 Å². The summed E-state index contributed by atoms with van der Waals surface area (Å²) in [5.41, 5.74) is 6.32. The van der Waals surface area contributed by atoms with Crippen LogP contribution in [-0.4, -0.2) is 33.6 Å². The van der Waals surface area contributed by atoms with Crippen molar-refractivity contribution in [3.8, 4) is 0 Å². The fourth-order valence-electron chi connectivity index (χ4n) is 3.16. The van der Waals surface area contributed by atoms with Crippen molar-refractivity contribution in [2.75, 3.05) is 0 Å². The average Bonchev–Trinajstić information content (AvgIpc) is 2.98. The quantitative estimate of drug-likeness (QED) is 0.594. The Morgan fingerprint density at radius 1 is 1.22 bits per heavy atom. The predicted octanol–water partition coefficient (Wildman–Crippen LogP) is 1.22. The lowest BCUT2D eigenvalue weighted by Crippen LogP contribution is -2.51. The Balaban J connectivity index is 1.78. The molecule has 0 bridgehead atoms. The highest BCUT2D eigenvalue weighted by Gasteiger charge is 2.53. The van der Waals surface area contributed by atoms with E-state index in [1.54, 1.807) is 24.3 Å². The largest absolute Gasteiger partial charge is 0.398 e. The summed E-state index contributed by atoms with van der Waals surface area (Å²) in [6.45, 7) is 1.93. The first-order valence-electron chi connectivity index (χ1n) is 8.65. The van der Waals surface area contributed by atoms with Gasteiger partial charge in [-0.1, -0.05) is 60.2 Å². The lowest BCUT2D eigenvalue weighted by molar-refractivity contribution is -0.154. The number of hydrogen-bond donors (Lipinski definition) is 4. The van der Waals surface area contributed by atoms with E-state index in [-0.39, 0.29) is 12.1 Å². The van der Waals surface area contributed by atoms with Gasteiger partial charge in [0.05, 0.1) is 6.04 Å². The number of nitrogens with two attached hydrogens (primary N) is 1. The molecule has 1 saturated heterocycles. The molecule has 140 valence electrons. The number of amides is 1. The Kier molecular flexibility index (Phi) is 5.12. The number of aliphatic hydroxyl groups is 2. The third-order valence-electron chi connectivity index (χ3n) is 4.82. The maximum absolute atomic E-state index is 12.4. The number of carbonyl (C=O) groups excluding carboxylic acids is 2. The van der Waals surface area contributed by atoms with Crippen LogP contribution in [0.2, 0.25) is 0 Å². The molecule has 6 heteroatoms. The maximum atomic E-state index is 12.4. The predicted molar refractivity (Wildman–Crippen MR) is 101 cm³/mol. The standard InChI is InChI=1S/C21H22N2O4/c1-13-7-9-14(10-8-13)16(22)11-18(24)19(25)21(27)12-17(23-20(21)26)15-5-3-2-4-6-15/h2-11,17,19,25,27H,12,22H2,1H3,(H,23,26)/b16-11-.